The van der Waals surface area contributed by atoms with Crippen molar-refractivity contribution in [1.29, 1.82) is 0 Å². The van der Waals surface area contributed by atoms with Crippen LogP contribution >= 0.6 is 11.3 Å². The van der Waals surface area contributed by atoms with Crippen LogP contribution in [-0.4, -0.2) is 66.5 Å². The van der Waals surface area contributed by atoms with Crippen molar-refractivity contribution in [3.8, 4) is 5.75 Å². The highest BCUT2D eigenvalue weighted by atomic mass is 32.2. The van der Waals surface area contributed by atoms with E-state index >= 15 is 0 Å². The summed E-state index contributed by atoms with van der Waals surface area (Å²) < 4.78 is 64.8. The number of amides is 1. The molecule has 2 aromatic carbocycles. The molecule has 2 heterocycles. The first-order valence-corrected chi connectivity index (χ1v) is 14.8. The molecular weight excluding hydrogens is 526 g/mol. The molecule has 10 nitrogen and oxygen atoms in total. The Morgan fingerprint density at radius 3 is 2.31 bits per heavy atom. The van der Waals surface area contributed by atoms with Crippen LogP contribution in [0.4, 0.5) is 5.69 Å². The molecule has 0 aliphatic carbocycles. The molecule has 36 heavy (non-hydrogen) atoms. The number of hydrogen-bond acceptors (Lipinski definition) is 8. The Labute approximate surface area is 214 Å². The van der Waals surface area contributed by atoms with E-state index in [2.05, 4.69) is 10.0 Å². The van der Waals surface area contributed by atoms with Crippen LogP contribution in [0.5, 0.6) is 5.75 Å². The summed E-state index contributed by atoms with van der Waals surface area (Å²) >= 11 is 1.11. The van der Waals surface area contributed by atoms with E-state index < -0.39 is 20.0 Å². The lowest BCUT2D eigenvalue weighted by Crippen LogP contribution is -2.40. The third-order valence-electron chi connectivity index (χ3n) is 5.25. The van der Waals surface area contributed by atoms with Crippen molar-refractivity contribution in [3.05, 3.63) is 71.6 Å². The smallest absolute Gasteiger partial charge is 0.271 e. The molecule has 192 valence electrons. The number of benzene rings is 2. The van der Waals surface area contributed by atoms with Gasteiger partial charge in [0, 0.05) is 24.3 Å². The molecule has 2 N–H and O–H groups in total. The van der Waals surface area contributed by atoms with Gasteiger partial charge in [-0.15, -0.1) is 11.3 Å². The fourth-order valence-corrected chi connectivity index (χ4v) is 6.85. The summed E-state index contributed by atoms with van der Waals surface area (Å²) in [6.07, 6.45) is 0. The van der Waals surface area contributed by atoms with Gasteiger partial charge in [-0.25, -0.2) is 16.8 Å². The van der Waals surface area contributed by atoms with Gasteiger partial charge in [-0.05, 0) is 60.0 Å². The normalized spacial score (nSPS) is 14.8. The maximum atomic E-state index is 12.7. The van der Waals surface area contributed by atoms with E-state index in [0.717, 1.165) is 11.3 Å². The number of hydrogen-bond donors (Lipinski definition) is 2. The summed E-state index contributed by atoms with van der Waals surface area (Å²) in [7, 11) is -7.22. The first-order chi connectivity index (χ1) is 17.3. The van der Waals surface area contributed by atoms with E-state index in [9.17, 15) is 21.6 Å². The third-order valence-corrected chi connectivity index (χ3v) is 9.94. The summed E-state index contributed by atoms with van der Waals surface area (Å²) in [5, 5.41) is 4.40. The van der Waals surface area contributed by atoms with E-state index in [1.807, 2.05) is 0 Å². The summed E-state index contributed by atoms with van der Waals surface area (Å²) in [5.41, 5.74) is 0.717. The topological polar surface area (TPSA) is 131 Å². The van der Waals surface area contributed by atoms with E-state index in [1.54, 1.807) is 23.6 Å². The lowest BCUT2D eigenvalue weighted by Gasteiger charge is -2.26. The largest absolute Gasteiger partial charge is 0.492 e. The number of carbonyl (C=O) groups is 1. The lowest BCUT2D eigenvalue weighted by atomic mass is 10.2. The average Bonchev–Trinajstić information content (AvgIpc) is 3.44. The van der Waals surface area contributed by atoms with Gasteiger partial charge in [0.2, 0.25) is 10.0 Å². The van der Waals surface area contributed by atoms with Crippen LogP contribution in [0.2, 0.25) is 0 Å². The first kappa shape index (κ1) is 26.1. The highest BCUT2D eigenvalue weighted by molar-refractivity contribution is 7.94. The second-order valence-corrected chi connectivity index (χ2v) is 12.5. The van der Waals surface area contributed by atoms with Gasteiger partial charge in [0.05, 0.1) is 24.7 Å². The van der Waals surface area contributed by atoms with Crippen molar-refractivity contribution >= 4 is 43.0 Å². The summed E-state index contributed by atoms with van der Waals surface area (Å²) in [5.74, 6) is 0.144. The van der Waals surface area contributed by atoms with Crippen molar-refractivity contribution in [2.75, 3.05) is 44.2 Å². The predicted octanol–water partition coefficient (Wildman–Crippen LogP) is 2.38. The molecule has 4 rings (SSSR count). The summed E-state index contributed by atoms with van der Waals surface area (Å²) in [6, 6.07) is 15.4. The maximum Gasteiger partial charge on any atom is 0.271 e. The molecule has 0 unspecified atom stereocenters. The number of carbonyl (C=O) groups excluding carboxylic acids is 1. The van der Waals surface area contributed by atoms with Gasteiger partial charge in [-0.2, -0.15) is 4.31 Å². The van der Waals surface area contributed by atoms with Crippen LogP contribution in [0.3, 0.4) is 0 Å². The minimum Gasteiger partial charge on any atom is -0.492 e. The molecular formula is C23H25N3O7S3. The average molecular weight is 552 g/mol. The SMILES string of the molecule is O=C(NCCOc1ccc(S(=O)(=O)N2CCOCC2)cc1)c1ccc(NS(=O)(=O)c2cccs2)cc1. The van der Waals surface area contributed by atoms with E-state index in [1.165, 1.54) is 46.8 Å². The number of thiophene rings is 1. The molecule has 1 aliphatic rings. The van der Waals surface area contributed by atoms with Crippen LogP contribution in [0.25, 0.3) is 0 Å². The molecule has 0 spiro atoms. The number of morpholine rings is 1. The zero-order chi connectivity index (χ0) is 25.6. The molecule has 0 saturated carbocycles. The summed E-state index contributed by atoms with van der Waals surface area (Å²) in [6.45, 7) is 1.82. The number of anilines is 1. The van der Waals surface area contributed by atoms with Crippen molar-refractivity contribution < 1.29 is 31.1 Å². The molecule has 1 aromatic heterocycles. The Balaban J connectivity index is 1.23. The monoisotopic (exact) mass is 551 g/mol. The van der Waals surface area contributed by atoms with Gasteiger partial charge in [0.1, 0.15) is 16.6 Å². The Bertz CT molecular complexity index is 1370. The van der Waals surface area contributed by atoms with Crippen LogP contribution < -0.4 is 14.8 Å². The number of sulfonamides is 2. The molecule has 1 fully saturated rings. The van der Waals surface area contributed by atoms with Gasteiger partial charge in [0.25, 0.3) is 15.9 Å². The number of ether oxygens (including phenoxy) is 2. The van der Waals surface area contributed by atoms with E-state index in [-0.39, 0.29) is 28.2 Å². The minimum absolute atomic E-state index is 0.181. The fourth-order valence-electron chi connectivity index (χ4n) is 3.39. The second kappa shape index (κ2) is 11.4. The Morgan fingerprint density at radius 1 is 0.972 bits per heavy atom. The number of nitrogens with zero attached hydrogens (tertiary/aromatic N) is 1. The quantitative estimate of drug-likeness (QED) is 0.370. The zero-order valence-electron chi connectivity index (χ0n) is 19.1. The third kappa shape index (κ3) is 6.42. The van der Waals surface area contributed by atoms with Crippen LogP contribution in [0, 0.1) is 0 Å². The molecule has 1 saturated heterocycles. The molecule has 3 aromatic rings. The Kier molecular flexibility index (Phi) is 8.26. The maximum absolute atomic E-state index is 12.7. The molecule has 1 amide bonds. The predicted molar refractivity (Wildman–Crippen MR) is 135 cm³/mol. The highest BCUT2D eigenvalue weighted by Crippen LogP contribution is 2.21. The molecule has 0 bridgehead atoms. The standard InChI is InChI=1S/C23H25N3O7S3/c27-23(18-3-5-19(6-4-18)25-35(28,29)22-2-1-17-34-22)24-11-14-33-20-7-9-21(10-8-20)36(30,31)26-12-15-32-16-13-26/h1-10,17,25H,11-16H2,(H,24,27). The first-order valence-electron chi connectivity index (χ1n) is 11.0. The Hall–Kier alpha value is -2.97. The van der Waals surface area contributed by atoms with Crippen LogP contribution in [-0.2, 0) is 24.8 Å². The van der Waals surface area contributed by atoms with Crippen LogP contribution in [0.1, 0.15) is 10.4 Å². The van der Waals surface area contributed by atoms with Crippen molar-refractivity contribution in [3.63, 3.8) is 0 Å². The van der Waals surface area contributed by atoms with Gasteiger partial charge in [-0.3, -0.25) is 9.52 Å². The van der Waals surface area contributed by atoms with Gasteiger partial charge < -0.3 is 14.8 Å². The van der Waals surface area contributed by atoms with E-state index in [0.29, 0.717) is 43.3 Å². The van der Waals surface area contributed by atoms with Crippen molar-refractivity contribution in [1.82, 2.24) is 9.62 Å². The van der Waals surface area contributed by atoms with Crippen molar-refractivity contribution in [2.24, 2.45) is 0 Å². The van der Waals surface area contributed by atoms with Gasteiger partial charge in [0.15, 0.2) is 0 Å². The van der Waals surface area contributed by atoms with Gasteiger partial charge >= 0.3 is 0 Å². The molecule has 0 atom stereocenters. The van der Waals surface area contributed by atoms with Crippen LogP contribution in [0.15, 0.2) is 75.1 Å². The lowest BCUT2D eigenvalue weighted by molar-refractivity contribution is 0.0730. The molecule has 0 radical (unpaired) electrons. The van der Waals surface area contributed by atoms with Crippen molar-refractivity contribution in [2.45, 2.75) is 9.10 Å². The summed E-state index contributed by atoms with van der Waals surface area (Å²) in [4.78, 5) is 12.5. The minimum atomic E-state index is -3.65. The fraction of sp³-hybridized carbons (Fsp3) is 0.261. The zero-order valence-corrected chi connectivity index (χ0v) is 21.6. The number of nitrogens with one attached hydrogen (secondary N) is 2. The molecule has 1 aliphatic heterocycles. The number of rotatable bonds is 10. The second-order valence-electron chi connectivity index (χ2n) is 7.71. The molecule has 13 heteroatoms. The van der Waals surface area contributed by atoms with Gasteiger partial charge in [-0.1, -0.05) is 6.07 Å². The Morgan fingerprint density at radius 2 is 1.67 bits per heavy atom. The highest BCUT2D eigenvalue weighted by Gasteiger charge is 2.26. The van der Waals surface area contributed by atoms with E-state index in [4.69, 9.17) is 9.47 Å².